The van der Waals surface area contributed by atoms with Gasteiger partial charge in [0.25, 0.3) is 0 Å². The summed E-state index contributed by atoms with van der Waals surface area (Å²) in [4.78, 5) is 13.5. The van der Waals surface area contributed by atoms with Crippen LogP contribution in [0.5, 0.6) is 0 Å². The van der Waals surface area contributed by atoms with Crippen molar-refractivity contribution >= 4 is 6.09 Å². The molecule has 3 N–H and O–H groups in total. The van der Waals surface area contributed by atoms with Gasteiger partial charge in [-0.15, -0.1) is 0 Å². The molecule has 0 unspecified atom stereocenters. The second-order valence-corrected chi connectivity index (χ2v) is 4.84. The monoisotopic (exact) mass is 264 g/mol. The van der Waals surface area contributed by atoms with Gasteiger partial charge in [-0.2, -0.15) is 0 Å². The van der Waals surface area contributed by atoms with Gasteiger partial charge in [0, 0.05) is 19.1 Å². The molecule has 0 aliphatic carbocycles. The van der Waals surface area contributed by atoms with E-state index in [0.29, 0.717) is 25.9 Å². The third-order valence-electron chi connectivity index (χ3n) is 3.38. The van der Waals surface area contributed by atoms with E-state index in [0.717, 1.165) is 5.56 Å². The van der Waals surface area contributed by atoms with E-state index in [9.17, 15) is 9.90 Å². The fraction of sp³-hybridized carbons (Fsp3) is 0.500. The number of benzene rings is 1. The predicted molar refractivity (Wildman–Crippen MR) is 71.4 cm³/mol. The first-order valence-electron chi connectivity index (χ1n) is 6.56. The van der Waals surface area contributed by atoms with Crippen molar-refractivity contribution in [2.24, 2.45) is 5.73 Å². The summed E-state index contributed by atoms with van der Waals surface area (Å²) in [6.45, 7) is 1.29. The highest BCUT2D eigenvalue weighted by molar-refractivity contribution is 5.67. The summed E-state index contributed by atoms with van der Waals surface area (Å²) in [6, 6.07) is 9.30. The number of carbonyl (C=O) groups is 1. The number of aliphatic hydroxyl groups excluding tert-OH is 1. The predicted octanol–water partition coefficient (Wildman–Crippen LogP) is 1.11. The highest BCUT2D eigenvalue weighted by Crippen LogP contribution is 2.12. The van der Waals surface area contributed by atoms with Crippen molar-refractivity contribution in [3.8, 4) is 0 Å². The molecule has 1 aliphatic rings. The molecule has 1 saturated heterocycles. The maximum Gasteiger partial charge on any atom is 0.410 e. The summed E-state index contributed by atoms with van der Waals surface area (Å²) in [7, 11) is 0. The average molecular weight is 264 g/mol. The van der Waals surface area contributed by atoms with Crippen LogP contribution >= 0.6 is 0 Å². The van der Waals surface area contributed by atoms with Crippen molar-refractivity contribution in [3.63, 3.8) is 0 Å². The minimum absolute atomic E-state index is 0.257. The zero-order valence-corrected chi connectivity index (χ0v) is 10.9. The van der Waals surface area contributed by atoms with Gasteiger partial charge in [0.05, 0.1) is 6.10 Å². The second kappa shape index (κ2) is 6.54. The van der Waals surface area contributed by atoms with Crippen LogP contribution in [0.4, 0.5) is 4.79 Å². The van der Waals surface area contributed by atoms with Crippen molar-refractivity contribution in [1.29, 1.82) is 0 Å². The third kappa shape index (κ3) is 3.94. The maximum absolute atomic E-state index is 11.9. The Morgan fingerprint density at radius 1 is 1.32 bits per heavy atom. The lowest BCUT2D eigenvalue weighted by atomic mass is 10.1. The number of ether oxygens (including phenoxy) is 1. The van der Waals surface area contributed by atoms with Crippen LogP contribution in [-0.2, 0) is 11.3 Å². The zero-order valence-electron chi connectivity index (χ0n) is 10.9. The molecule has 5 nitrogen and oxygen atoms in total. The topological polar surface area (TPSA) is 75.8 Å². The molecule has 0 aromatic heterocycles. The number of carbonyl (C=O) groups excluding carboxylic acids is 1. The molecule has 0 saturated carbocycles. The second-order valence-electron chi connectivity index (χ2n) is 4.84. The van der Waals surface area contributed by atoms with Crippen molar-refractivity contribution < 1.29 is 14.6 Å². The van der Waals surface area contributed by atoms with Crippen LogP contribution in [0, 0.1) is 0 Å². The first kappa shape index (κ1) is 13.8. The Morgan fingerprint density at radius 2 is 2.00 bits per heavy atom. The fourth-order valence-electron chi connectivity index (χ4n) is 2.10. The molecule has 104 valence electrons. The van der Waals surface area contributed by atoms with Gasteiger partial charge in [-0.3, -0.25) is 0 Å². The number of rotatable bonds is 2. The van der Waals surface area contributed by atoms with Crippen LogP contribution in [0.15, 0.2) is 30.3 Å². The Kier molecular flexibility index (Phi) is 4.76. The maximum atomic E-state index is 11.9. The van der Waals surface area contributed by atoms with E-state index >= 15 is 0 Å². The molecule has 0 spiro atoms. The summed E-state index contributed by atoms with van der Waals surface area (Å²) in [5, 5.41) is 9.66. The largest absolute Gasteiger partial charge is 0.445 e. The van der Waals surface area contributed by atoms with Crippen molar-refractivity contribution in [3.05, 3.63) is 35.9 Å². The molecule has 1 aromatic carbocycles. The molecular weight excluding hydrogens is 244 g/mol. The Hall–Kier alpha value is -1.59. The molecule has 1 fully saturated rings. The number of hydrogen-bond acceptors (Lipinski definition) is 4. The van der Waals surface area contributed by atoms with Gasteiger partial charge >= 0.3 is 6.09 Å². The molecule has 1 aliphatic heterocycles. The molecule has 1 heterocycles. The average Bonchev–Trinajstić information content (AvgIpc) is 2.60. The SMILES string of the molecule is N[C@H]1CCN(C(=O)OCc2ccccc2)CC[C@@H]1O. The highest BCUT2D eigenvalue weighted by atomic mass is 16.6. The standard InChI is InChI=1S/C14H20N2O3/c15-12-6-8-16(9-7-13(12)17)14(18)19-10-11-4-2-1-3-5-11/h1-5,12-13,17H,6-10,15H2/t12-,13-/m0/s1. The number of nitrogens with zero attached hydrogens (tertiary/aromatic N) is 1. The number of amides is 1. The molecule has 1 aromatic rings. The molecule has 5 heteroatoms. The Bertz CT molecular complexity index is 398. The lowest BCUT2D eigenvalue weighted by Crippen LogP contribution is -2.34. The summed E-state index contributed by atoms with van der Waals surface area (Å²) in [5.74, 6) is 0. The Labute approximate surface area is 113 Å². The van der Waals surface area contributed by atoms with Gasteiger partial charge in [-0.25, -0.2) is 4.79 Å². The van der Waals surface area contributed by atoms with Crippen LogP contribution in [-0.4, -0.2) is 41.3 Å². The summed E-state index contributed by atoms with van der Waals surface area (Å²) < 4.78 is 5.26. The van der Waals surface area contributed by atoms with Crippen LogP contribution in [0.2, 0.25) is 0 Å². The first-order valence-corrected chi connectivity index (χ1v) is 6.56. The molecule has 0 bridgehead atoms. The third-order valence-corrected chi connectivity index (χ3v) is 3.38. The Morgan fingerprint density at radius 3 is 2.74 bits per heavy atom. The lowest BCUT2D eigenvalue weighted by molar-refractivity contribution is 0.0947. The zero-order chi connectivity index (χ0) is 13.7. The van der Waals surface area contributed by atoms with Crippen molar-refractivity contribution in [1.82, 2.24) is 4.90 Å². The minimum atomic E-state index is -0.535. The molecule has 2 atom stereocenters. The summed E-state index contributed by atoms with van der Waals surface area (Å²) >= 11 is 0. The van der Waals surface area contributed by atoms with Gasteiger partial charge < -0.3 is 20.5 Å². The van der Waals surface area contributed by atoms with E-state index in [2.05, 4.69) is 0 Å². The van der Waals surface area contributed by atoms with E-state index < -0.39 is 6.10 Å². The number of nitrogens with two attached hydrogens (primary N) is 1. The molecule has 19 heavy (non-hydrogen) atoms. The van der Waals surface area contributed by atoms with E-state index in [-0.39, 0.29) is 18.7 Å². The molecule has 0 radical (unpaired) electrons. The summed E-state index contributed by atoms with van der Waals surface area (Å²) in [6.07, 6.45) is 0.223. The summed E-state index contributed by atoms with van der Waals surface area (Å²) in [5.41, 5.74) is 6.74. The van der Waals surface area contributed by atoms with Gasteiger partial charge in [-0.05, 0) is 18.4 Å². The normalized spacial score (nSPS) is 23.8. The Balaban J connectivity index is 1.83. The van der Waals surface area contributed by atoms with Crippen LogP contribution in [0.1, 0.15) is 18.4 Å². The van der Waals surface area contributed by atoms with Gasteiger partial charge in [0.15, 0.2) is 0 Å². The fourth-order valence-corrected chi connectivity index (χ4v) is 2.10. The molecule has 2 rings (SSSR count). The van der Waals surface area contributed by atoms with Gasteiger partial charge in [0.2, 0.25) is 0 Å². The lowest BCUT2D eigenvalue weighted by Gasteiger charge is -2.19. The van der Waals surface area contributed by atoms with Gasteiger partial charge in [0.1, 0.15) is 6.61 Å². The van der Waals surface area contributed by atoms with E-state index in [1.165, 1.54) is 0 Å². The highest BCUT2D eigenvalue weighted by Gasteiger charge is 2.25. The van der Waals surface area contributed by atoms with E-state index in [1.54, 1.807) is 4.90 Å². The van der Waals surface area contributed by atoms with Crippen molar-refractivity contribution in [2.75, 3.05) is 13.1 Å². The number of likely N-dealkylation sites (tertiary alicyclic amines) is 1. The molecule has 1 amide bonds. The van der Waals surface area contributed by atoms with Crippen LogP contribution in [0.3, 0.4) is 0 Å². The van der Waals surface area contributed by atoms with Crippen LogP contribution in [0.25, 0.3) is 0 Å². The quantitative estimate of drug-likeness (QED) is 0.839. The van der Waals surface area contributed by atoms with E-state index in [1.807, 2.05) is 30.3 Å². The number of hydrogen-bond donors (Lipinski definition) is 2. The number of aliphatic hydroxyl groups is 1. The minimum Gasteiger partial charge on any atom is -0.445 e. The van der Waals surface area contributed by atoms with Crippen LogP contribution < -0.4 is 5.73 Å². The smallest absolute Gasteiger partial charge is 0.410 e. The van der Waals surface area contributed by atoms with Crippen molar-refractivity contribution in [2.45, 2.75) is 31.6 Å². The molecular formula is C14H20N2O3. The first-order chi connectivity index (χ1) is 9.16. The van der Waals surface area contributed by atoms with E-state index in [4.69, 9.17) is 10.5 Å². The van der Waals surface area contributed by atoms with Gasteiger partial charge in [-0.1, -0.05) is 30.3 Å².